The molecule has 0 amide bonds. The maximum Gasteiger partial charge on any atom is 0.341 e. The third kappa shape index (κ3) is 2.75. The molecule has 0 bridgehead atoms. The van der Waals surface area contributed by atoms with Gasteiger partial charge in [0.2, 0.25) is 0 Å². The molecule has 0 radical (unpaired) electrons. The number of halogens is 1. The van der Waals surface area contributed by atoms with Crippen LogP contribution >= 0.6 is 11.6 Å². The molecule has 8 heteroatoms. The lowest BCUT2D eigenvalue weighted by molar-refractivity contribution is -0.140. The van der Waals surface area contributed by atoms with Crippen LogP contribution in [-0.2, 0) is 16.2 Å². The zero-order chi connectivity index (χ0) is 19.3. The van der Waals surface area contributed by atoms with Crippen LogP contribution in [0.5, 0.6) is 0 Å². The molecule has 3 aromatic rings. The van der Waals surface area contributed by atoms with Gasteiger partial charge >= 0.3 is 5.97 Å². The van der Waals surface area contributed by atoms with Gasteiger partial charge in [-0.3, -0.25) is 0 Å². The maximum absolute atomic E-state index is 11.5. The lowest BCUT2D eigenvalue weighted by atomic mass is 10.0. The molecule has 2 aliphatic rings. The average Bonchev–Trinajstić information content (AvgIpc) is 3.24. The molecule has 3 heterocycles. The van der Waals surface area contributed by atoms with E-state index in [0.717, 1.165) is 40.4 Å². The van der Waals surface area contributed by atoms with Crippen molar-refractivity contribution in [1.82, 2.24) is 15.0 Å². The van der Waals surface area contributed by atoms with Gasteiger partial charge in [-0.15, -0.1) is 5.10 Å². The minimum atomic E-state index is -0.336. The summed E-state index contributed by atoms with van der Waals surface area (Å²) in [5.74, 6) is -0.336. The van der Waals surface area contributed by atoms with Gasteiger partial charge in [-0.2, -0.15) is 0 Å². The molecule has 0 fully saturated rings. The van der Waals surface area contributed by atoms with Crippen molar-refractivity contribution in [3.05, 3.63) is 58.7 Å². The van der Waals surface area contributed by atoms with Crippen molar-refractivity contribution >= 4 is 34.7 Å². The van der Waals surface area contributed by atoms with E-state index in [1.807, 2.05) is 54.1 Å². The summed E-state index contributed by atoms with van der Waals surface area (Å²) >= 11 is 6.08. The Morgan fingerprint density at radius 3 is 2.68 bits per heavy atom. The lowest BCUT2D eigenvalue weighted by Gasteiger charge is -2.25. The summed E-state index contributed by atoms with van der Waals surface area (Å²) in [6, 6.07) is 13.8. The van der Waals surface area contributed by atoms with Crippen LogP contribution < -0.4 is 4.90 Å². The Bertz CT molecular complexity index is 1120. The van der Waals surface area contributed by atoms with Gasteiger partial charge in [-0.25, -0.2) is 9.48 Å². The first kappa shape index (κ1) is 16.9. The van der Waals surface area contributed by atoms with Crippen LogP contribution in [0.15, 0.2) is 47.6 Å². The van der Waals surface area contributed by atoms with Crippen LogP contribution in [0.25, 0.3) is 11.3 Å². The molecule has 0 atom stereocenters. The van der Waals surface area contributed by atoms with Gasteiger partial charge < -0.3 is 9.74 Å². The molecule has 0 spiro atoms. The predicted molar refractivity (Wildman–Crippen MR) is 106 cm³/mol. The van der Waals surface area contributed by atoms with E-state index in [1.54, 1.807) is 0 Å². The van der Waals surface area contributed by atoms with Gasteiger partial charge in [0.1, 0.15) is 0 Å². The number of anilines is 2. The highest BCUT2D eigenvalue weighted by Gasteiger charge is 2.26. The Kier molecular flexibility index (Phi) is 3.91. The van der Waals surface area contributed by atoms with Crippen LogP contribution in [0.1, 0.15) is 17.7 Å². The van der Waals surface area contributed by atoms with Crippen molar-refractivity contribution in [3.8, 4) is 11.3 Å². The highest BCUT2D eigenvalue weighted by molar-refractivity contribution is 6.30. The van der Waals surface area contributed by atoms with E-state index in [2.05, 4.69) is 20.4 Å². The number of aryl methyl sites for hydroxylation is 1. The van der Waals surface area contributed by atoms with Crippen LogP contribution in [0.3, 0.4) is 0 Å². The summed E-state index contributed by atoms with van der Waals surface area (Å²) < 4.78 is 1.93. The van der Waals surface area contributed by atoms with Crippen molar-refractivity contribution in [1.29, 1.82) is 0 Å². The summed E-state index contributed by atoms with van der Waals surface area (Å²) in [6.07, 6.45) is 0.179. The van der Waals surface area contributed by atoms with Crippen LogP contribution in [0.2, 0.25) is 5.02 Å². The van der Waals surface area contributed by atoms with Crippen LogP contribution in [-0.4, -0.2) is 33.2 Å². The first-order valence-corrected chi connectivity index (χ1v) is 9.32. The number of benzene rings is 2. The highest BCUT2D eigenvalue weighted by atomic mass is 35.5. The number of aromatic nitrogens is 3. The van der Waals surface area contributed by atoms with Crippen molar-refractivity contribution in [2.75, 3.05) is 11.4 Å². The fourth-order valence-electron chi connectivity index (χ4n) is 3.69. The van der Waals surface area contributed by atoms with E-state index in [-0.39, 0.29) is 12.4 Å². The van der Waals surface area contributed by atoms with Gasteiger partial charge in [0.25, 0.3) is 0 Å². The quantitative estimate of drug-likeness (QED) is 0.620. The molecule has 7 nitrogen and oxygen atoms in total. The van der Waals surface area contributed by atoms with E-state index in [4.69, 9.17) is 16.4 Å². The van der Waals surface area contributed by atoms with E-state index >= 15 is 0 Å². The number of rotatable bonds is 2. The molecule has 5 rings (SSSR count). The SMILES string of the molecule is Cc1nnn2c1-c1ccc(C3=NOC(=O)C3)cc1N(c1ccc(Cl)cc1)CC2. The minimum Gasteiger partial charge on any atom is -0.339 e. The molecular formula is C20H16ClN5O2. The standard InChI is InChI=1S/C20H16ClN5O2/c1-12-20-16-7-2-13(17-11-19(27)28-23-17)10-18(16)25(8-9-26(20)24-22-12)15-5-3-14(21)4-6-15/h2-7,10H,8-9,11H2,1H3. The normalized spacial score (nSPS) is 15.6. The topological polar surface area (TPSA) is 72.6 Å². The molecule has 28 heavy (non-hydrogen) atoms. The number of hydrogen-bond donors (Lipinski definition) is 0. The minimum absolute atomic E-state index is 0.179. The molecule has 0 aliphatic carbocycles. The maximum atomic E-state index is 11.5. The summed E-state index contributed by atoms with van der Waals surface area (Å²) in [5, 5.41) is 13.2. The molecule has 0 saturated heterocycles. The molecule has 2 aromatic carbocycles. The van der Waals surface area contributed by atoms with Gasteiger partial charge in [0, 0.05) is 28.4 Å². The van der Waals surface area contributed by atoms with Gasteiger partial charge in [0.15, 0.2) is 0 Å². The molecular weight excluding hydrogens is 378 g/mol. The molecule has 2 aliphatic heterocycles. The molecule has 140 valence electrons. The predicted octanol–water partition coefficient (Wildman–Crippen LogP) is 3.71. The second kappa shape index (κ2) is 6.45. The van der Waals surface area contributed by atoms with Crippen molar-refractivity contribution in [2.45, 2.75) is 19.9 Å². The molecule has 0 unspecified atom stereocenters. The van der Waals surface area contributed by atoms with E-state index in [1.165, 1.54) is 0 Å². The Labute approximate surface area is 166 Å². The summed E-state index contributed by atoms with van der Waals surface area (Å²) in [6.45, 7) is 3.38. The number of hydrogen-bond acceptors (Lipinski definition) is 6. The number of fused-ring (bicyclic) bond motifs is 3. The van der Waals surface area contributed by atoms with Gasteiger partial charge in [-0.1, -0.05) is 28.0 Å². The first-order chi connectivity index (χ1) is 13.6. The zero-order valence-electron chi connectivity index (χ0n) is 15.1. The van der Waals surface area contributed by atoms with Crippen LogP contribution in [0.4, 0.5) is 11.4 Å². The second-order valence-electron chi connectivity index (χ2n) is 6.78. The van der Waals surface area contributed by atoms with E-state index in [9.17, 15) is 4.79 Å². The number of oxime groups is 1. The van der Waals surface area contributed by atoms with Gasteiger partial charge in [-0.05, 0) is 43.3 Å². The Morgan fingerprint density at radius 1 is 1.11 bits per heavy atom. The fraction of sp³-hybridized carbons (Fsp3) is 0.200. The smallest absolute Gasteiger partial charge is 0.339 e. The summed E-state index contributed by atoms with van der Waals surface area (Å²) in [4.78, 5) is 18.5. The first-order valence-electron chi connectivity index (χ1n) is 8.95. The average molecular weight is 394 g/mol. The molecule has 0 saturated carbocycles. The number of carbonyl (C=O) groups excluding carboxylic acids is 1. The number of carbonyl (C=O) groups is 1. The van der Waals surface area contributed by atoms with E-state index < -0.39 is 0 Å². The largest absolute Gasteiger partial charge is 0.341 e. The summed E-state index contributed by atoms with van der Waals surface area (Å²) in [7, 11) is 0. The zero-order valence-corrected chi connectivity index (χ0v) is 15.8. The Hall–Kier alpha value is -3.19. The third-order valence-electron chi connectivity index (χ3n) is 5.02. The summed E-state index contributed by atoms with van der Waals surface area (Å²) in [5.41, 5.74) is 6.44. The number of nitrogens with zero attached hydrogens (tertiary/aromatic N) is 5. The van der Waals surface area contributed by atoms with Gasteiger partial charge in [0.05, 0.1) is 35.8 Å². The second-order valence-corrected chi connectivity index (χ2v) is 7.22. The Morgan fingerprint density at radius 2 is 1.93 bits per heavy atom. The highest BCUT2D eigenvalue weighted by Crippen LogP contribution is 2.39. The monoisotopic (exact) mass is 393 g/mol. The van der Waals surface area contributed by atoms with Crippen molar-refractivity contribution < 1.29 is 9.63 Å². The van der Waals surface area contributed by atoms with E-state index in [0.29, 0.717) is 17.3 Å². The third-order valence-corrected chi connectivity index (χ3v) is 5.28. The molecule has 1 aromatic heterocycles. The fourth-order valence-corrected chi connectivity index (χ4v) is 3.82. The lowest BCUT2D eigenvalue weighted by Crippen LogP contribution is -2.21. The molecule has 0 N–H and O–H groups in total. The van der Waals surface area contributed by atoms with Crippen molar-refractivity contribution in [3.63, 3.8) is 0 Å². The Balaban J connectivity index is 1.69. The van der Waals surface area contributed by atoms with Crippen LogP contribution in [0, 0.1) is 6.92 Å². The van der Waals surface area contributed by atoms with Crippen molar-refractivity contribution in [2.24, 2.45) is 5.16 Å².